The number of unbranched alkanes of at least 4 members (excludes halogenated alkanes) is 7. The van der Waals surface area contributed by atoms with Gasteiger partial charge < -0.3 is 9.84 Å². The highest BCUT2D eigenvalue weighted by atomic mass is 16.6. The first-order chi connectivity index (χ1) is 17.2. The summed E-state index contributed by atoms with van der Waals surface area (Å²) >= 11 is 0. The molecule has 2 aromatic carbocycles. The maximum Gasteiger partial charge on any atom is 0.266 e. The average Bonchev–Trinajstić information content (AvgIpc) is 2.84. The molecule has 0 spiro atoms. The molecule has 200 valence electrons. The molecule has 1 amide bonds. The number of hydrogen-bond donors (Lipinski definition) is 3. The number of rotatable bonds is 16. The van der Waals surface area contributed by atoms with Gasteiger partial charge in [-0.15, -0.1) is 5.17 Å². The summed E-state index contributed by atoms with van der Waals surface area (Å²) in [4.78, 5) is 12.6. The molecule has 6 nitrogen and oxygen atoms in total. The molecule has 2 rings (SSSR count). The predicted molar refractivity (Wildman–Crippen MR) is 146 cm³/mol. The van der Waals surface area contributed by atoms with E-state index in [4.69, 9.17) is 4.74 Å². The van der Waals surface area contributed by atoms with Crippen molar-refractivity contribution in [3.05, 3.63) is 54.1 Å². The quantitative estimate of drug-likeness (QED) is 0.124. The summed E-state index contributed by atoms with van der Waals surface area (Å²) in [6.07, 6.45) is 11.2. The highest BCUT2D eigenvalue weighted by Crippen LogP contribution is 2.34. The number of phenols is 1. The maximum atomic E-state index is 12.6. The van der Waals surface area contributed by atoms with E-state index < -0.39 is 5.91 Å². The van der Waals surface area contributed by atoms with Crippen molar-refractivity contribution in [1.82, 2.24) is 5.17 Å². The number of amides is 1. The lowest BCUT2D eigenvalue weighted by molar-refractivity contribution is -0.159. The summed E-state index contributed by atoms with van der Waals surface area (Å²) in [6.45, 7) is 8.39. The topological polar surface area (TPSA) is 82.0 Å². The van der Waals surface area contributed by atoms with Gasteiger partial charge in [0.15, 0.2) is 0 Å². The summed E-state index contributed by atoms with van der Waals surface area (Å²) in [5, 5.41) is 21.0. The molecule has 0 aromatic heterocycles. The third kappa shape index (κ3) is 10.9. The SMILES string of the molecule is CCCCCCCCCCC(CCC(=O)N(O)Nc1ccccc1)Oc1ccc(O)c(C(C)(C)C)c1. The number of nitrogens with zero attached hydrogens (tertiary/aromatic N) is 1. The highest BCUT2D eigenvalue weighted by Gasteiger charge is 2.21. The van der Waals surface area contributed by atoms with E-state index in [2.05, 4.69) is 33.1 Å². The Labute approximate surface area is 217 Å². The zero-order chi connectivity index (χ0) is 26.4. The van der Waals surface area contributed by atoms with Crippen LogP contribution in [0, 0.1) is 0 Å². The fourth-order valence-electron chi connectivity index (χ4n) is 4.24. The summed E-state index contributed by atoms with van der Waals surface area (Å²) in [5.41, 5.74) is 3.95. The molecule has 0 heterocycles. The average molecular weight is 499 g/mol. The summed E-state index contributed by atoms with van der Waals surface area (Å²) in [7, 11) is 0. The van der Waals surface area contributed by atoms with Crippen molar-refractivity contribution < 1.29 is 19.8 Å². The Morgan fingerprint density at radius 1 is 0.944 bits per heavy atom. The van der Waals surface area contributed by atoms with Gasteiger partial charge in [-0.2, -0.15) is 0 Å². The number of carbonyl (C=O) groups excluding carboxylic acids is 1. The Kier molecular flexibility index (Phi) is 12.6. The van der Waals surface area contributed by atoms with Gasteiger partial charge in [0.25, 0.3) is 5.91 Å². The van der Waals surface area contributed by atoms with Crippen molar-refractivity contribution in [2.24, 2.45) is 0 Å². The first kappa shape index (κ1) is 29.5. The number of ether oxygens (including phenoxy) is 1. The van der Waals surface area contributed by atoms with E-state index in [1.165, 1.54) is 38.5 Å². The molecule has 0 aliphatic heterocycles. The van der Waals surface area contributed by atoms with E-state index in [0.717, 1.165) is 24.8 Å². The molecule has 0 saturated carbocycles. The molecular formula is C30H46N2O4. The molecule has 0 bridgehead atoms. The van der Waals surface area contributed by atoms with Crippen LogP contribution in [0.3, 0.4) is 0 Å². The van der Waals surface area contributed by atoms with Crippen molar-refractivity contribution in [2.45, 2.75) is 110 Å². The molecule has 1 atom stereocenters. The number of phenolic OH excluding ortho intramolecular Hbond substituents is 1. The first-order valence-electron chi connectivity index (χ1n) is 13.5. The van der Waals surface area contributed by atoms with Crippen molar-refractivity contribution in [3.8, 4) is 11.5 Å². The summed E-state index contributed by atoms with van der Waals surface area (Å²) < 4.78 is 6.33. The third-order valence-electron chi connectivity index (χ3n) is 6.38. The molecule has 36 heavy (non-hydrogen) atoms. The van der Waals surface area contributed by atoms with Crippen molar-refractivity contribution in [2.75, 3.05) is 5.43 Å². The van der Waals surface area contributed by atoms with Crippen LogP contribution in [0.2, 0.25) is 0 Å². The van der Waals surface area contributed by atoms with Crippen LogP contribution in [0.15, 0.2) is 48.5 Å². The number of para-hydroxylation sites is 1. The summed E-state index contributed by atoms with van der Waals surface area (Å²) in [5.74, 6) is 0.537. The van der Waals surface area contributed by atoms with Gasteiger partial charge in [-0.3, -0.25) is 15.4 Å². The molecule has 0 aliphatic carbocycles. The van der Waals surface area contributed by atoms with Gasteiger partial charge in [-0.05, 0) is 55.0 Å². The van der Waals surface area contributed by atoms with E-state index in [-0.39, 0.29) is 23.7 Å². The molecular weight excluding hydrogens is 452 g/mol. The van der Waals surface area contributed by atoms with Crippen LogP contribution in [-0.4, -0.2) is 27.5 Å². The zero-order valence-corrected chi connectivity index (χ0v) is 22.6. The number of hydrogen-bond acceptors (Lipinski definition) is 5. The number of benzene rings is 2. The fraction of sp³-hybridized carbons (Fsp3) is 0.567. The van der Waals surface area contributed by atoms with Gasteiger partial charge in [-0.1, -0.05) is 90.8 Å². The van der Waals surface area contributed by atoms with Gasteiger partial charge in [0.2, 0.25) is 0 Å². The molecule has 0 saturated heterocycles. The monoisotopic (exact) mass is 498 g/mol. The maximum absolute atomic E-state index is 12.6. The molecule has 2 aromatic rings. The lowest BCUT2D eigenvalue weighted by Gasteiger charge is -2.24. The van der Waals surface area contributed by atoms with Gasteiger partial charge >= 0.3 is 0 Å². The van der Waals surface area contributed by atoms with Gasteiger partial charge in [-0.25, -0.2) is 0 Å². The van der Waals surface area contributed by atoms with E-state index in [0.29, 0.717) is 23.0 Å². The molecule has 3 N–H and O–H groups in total. The number of aromatic hydroxyl groups is 1. The predicted octanol–water partition coefficient (Wildman–Crippen LogP) is 7.99. The highest BCUT2D eigenvalue weighted by molar-refractivity contribution is 5.76. The third-order valence-corrected chi connectivity index (χ3v) is 6.38. The minimum atomic E-state index is -0.413. The minimum Gasteiger partial charge on any atom is -0.508 e. The Morgan fingerprint density at radius 3 is 2.22 bits per heavy atom. The van der Waals surface area contributed by atoms with Crippen molar-refractivity contribution >= 4 is 11.6 Å². The van der Waals surface area contributed by atoms with Gasteiger partial charge in [0.05, 0.1) is 11.8 Å². The number of carbonyl (C=O) groups is 1. The minimum absolute atomic E-state index is 0.155. The van der Waals surface area contributed by atoms with E-state index in [9.17, 15) is 15.1 Å². The fourth-order valence-corrected chi connectivity index (χ4v) is 4.24. The van der Waals surface area contributed by atoms with Crippen LogP contribution in [-0.2, 0) is 10.2 Å². The first-order valence-corrected chi connectivity index (χ1v) is 13.5. The largest absolute Gasteiger partial charge is 0.508 e. The molecule has 0 fully saturated rings. The lowest BCUT2D eigenvalue weighted by Crippen LogP contribution is -2.33. The van der Waals surface area contributed by atoms with Crippen LogP contribution in [0.4, 0.5) is 5.69 Å². The van der Waals surface area contributed by atoms with Gasteiger partial charge in [0.1, 0.15) is 11.5 Å². The normalized spacial score (nSPS) is 12.2. The molecule has 0 aliphatic rings. The van der Waals surface area contributed by atoms with Crippen molar-refractivity contribution in [3.63, 3.8) is 0 Å². The van der Waals surface area contributed by atoms with Crippen LogP contribution in [0.1, 0.15) is 104 Å². The standard InChI is InChI=1S/C30H46N2O4/c1-5-6-7-8-9-10-11-15-18-25(36-26-19-21-28(33)27(23-26)30(2,3)4)20-22-29(34)32(35)31-24-16-13-12-14-17-24/h12-14,16-17,19,21,23,25,31,33,35H,5-11,15,18,20,22H2,1-4H3. The molecule has 0 radical (unpaired) electrons. The van der Waals surface area contributed by atoms with E-state index in [1.807, 2.05) is 24.3 Å². The second kappa shape index (κ2) is 15.4. The number of anilines is 1. The summed E-state index contributed by atoms with van der Waals surface area (Å²) in [6, 6.07) is 14.4. The second-order valence-electron chi connectivity index (χ2n) is 10.7. The Bertz CT molecular complexity index is 896. The Morgan fingerprint density at radius 2 is 1.58 bits per heavy atom. The van der Waals surface area contributed by atoms with Gasteiger partial charge in [0, 0.05) is 12.0 Å². The van der Waals surface area contributed by atoms with E-state index >= 15 is 0 Å². The van der Waals surface area contributed by atoms with Crippen LogP contribution in [0.5, 0.6) is 11.5 Å². The van der Waals surface area contributed by atoms with Crippen LogP contribution >= 0.6 is 0 Å². The zero-order valence-electron chi connectivity index (χ0n) is 22.6. The Hall–Kier alpha value is -2.73. The second-order valence-corrected chi connectivity index (χ2v) is 10.7. The Balaban J connectivity index is 1.94. The number of hydrazine groups is 1. The van der Waals surface area contributed by atoms with Crippen molar-refractivity contribution in [1.29, 1.82) is 0 Å². The smallest absolute Gasteiger partial charge is 0.266 e. The number of nitrogens with one attached hydrogen (secondary N) is 1. The van der Waals surface area contributed by atoms with E-state index in [1.54, 1.807) is 24.3 Å². The number of hydroxylamine groups is 1. The lowest BCUT2D eigenvalue weighted by atomic mass is 9.86. The molecule has 1 unspecified atom stereocenters. The van der Waals surface area contributed by atoms with Crippen LogP contribution < -0.4 is 10.2 Å². The van der Waals surface area contributed by atoms with Crippen LogP contribution in [0.25, 0.3) is 0 Å². The molecule has 6 heteroatoms.